The molecule has 50 heavy (non-hydrogen) atoms. The van der Waals surface area contributed by atoms with Gasteiger partial charge in [0.25, 0.3) is 5.91 Å². The van der Waals surface area contributed by atoms with E-state index in [4.69, 9.17) is 15.2 Å². The molecule has 0 spiro atoms. The number of carbonyl (C=O) groups excluding carboxylic acids is 1. The Bertz CT molecular complexity index is 909. The standard InChI is InChI=1S/C42H76N2O6/c1-2-3-36-49-42-38(46)37(45)40(50-42)39(47)41(48)44-35-33-31-29-27-25-23-21-19-17-15-13-11-9-7-5-4-6-8-10-12-14-16-18-20-22-24-26-28-30-32-34-43/h37-40,42,45-47H,2-3,8-36,43H2,1H3,(H,44,48)/t37-,38-,39+,40+,42-/m1/s1. The average Bonchev–Trinajstić information content (AvgIpc) is 3.40. The van der Waals surface area contributed by atoms with E-state index in [0.29, 0.717) is 13.2 Å². The van der Waals surface area contributed by atoms with Crippen molar-refractivity contribution in [3.63, 3.8) is 0 Å². The van der Waals surface area contributed by atoms with Gasteiger partial charge >= 0.3 is 0 Å². The van der Waals surface area contributed by atoms with Gasteiger partial charge in [-0.3, -0.25) is 4.79 Å². The number of carbonyl (C=O) groups is 1. The molecule has 1 saturated heterocycles. The van der Waals surface area contributed by atoms with E-state index in [2.05, 4.69) is 29.0 Å². The lowest BCUT2D eigenvalue weighted by Crippen LogP contribution is -2.47. The summed E-state index contributed by atoms with van der Waals surface area (Å²) in [5.41, 5.74) is 5.54. The molecule has 0 aromatic heterocycles. The Labute approximate surface area is 306 Å². The number of amides is 1. The minimum absolute atomic E-state index is 0.381. The second-order valence-corrected chi connectivity index (χ2v) is 14.3. The first-order valence-electron chi connectivity index (χ1n) is 20.8. The molecular formula is C42H76N2O6. The summed E-state index contributed by atoms with van der Waals surface area (Å²) >= 11 is 0. The number of nitrogens with one attached hydrogen (secondary N) is 1. The van der Waals surface area contributed by atoms with Gasteiger partial charge in [0, 0.05) is 26.0 Å². The molecule has 0 aromatic carbocycles. The quantitative estimate of drug-likeness (QED) is 0.0347. The molecule has 1 heterocycles. The summed E-state index contributed by atoms with van der Waals surface area (Å²) in [6, 6.07) is 0. The molecule has 1 fully saturated rings. The van der Waals surface area contributed by atoms with E-state index < -0.39 is 36.6 Å². The number of hydrogen-bond donors (Lipinski definition) is 5. The summed E-state index contributed by atoms with van der Waals surface area (Å²) in [6.45, 7) is 3.70. The Kier molecular flexibility index (Phi) is 31.9. The number of aliphatic hydroxyl groups excluding tert-OH is 3. The third-order valence-electron chi connectivity index (χ3n) is 9.64. The maximum absolute atomic E-state index is 12.3. The molecule has 0 radical (unpaired) electrons. The molecule has 0 aromatic rings. The van der Waals surface area contributed by atoms with Gasteiger partial charge in [-0.05, 0) is 50.5 Å². The van der Waals surface area contributed by atoms with Crippen molar-refractivity contribution in [3.8, 4) is 23.7 Å². The van der Waals surface area contributed by atoms with Gasteiger partial charge in [0.2, 0.25) is 0 Å². The molecule has 0 aliphatic carbocycles. The fraction of sp³-hybridized carbons (Fsp3) is 0.881. The summed E-state index contributed by atoms with van der Waals surface area (Å²) in [4.78, 5) is 12.3. The minimum Gasteiger partial charge on any atom is -0.387 e. The van der Waals surface area contributed by atoms with Crippen molar-refractivity contribution < 1.29 is 29.6 Å². The van der Waals surface area contributed by atoms with Gasteiger partial charge in [-0.1, -0.05) is 154 Å². The first kappa shape index (κ1) is 46.4. The summed E-state index contributed by atoms with van der Waals surface area (Å²) in [6.07, 6.45) is 27.6. The third-order valence-corrected chi connectivity index (χ3v) is 9.64. The van der Waals surface area contributed by atoms with Gasteiger partial charge in [0.15, 0.2) is 12.4 Å². The summed E-state index contributed by atoms with van der Waals surface area (Å²) in [7, 11) is 0. The first-order chi connectivity index (χ1) is 24.5. The summed E-state index contributed by atoms with van der Waals surface area (Å²) in [5.74, 6) is 11.9. The number of hydrogen-bond acceptors (Lipinski definition) is 7. The van der Waals surface area contributed by atoms with Crippen LogP contribution in [0.2, 0.25) is 0 Å². The van der Waals surface area contributed by atoms with Gasteiger partial charge in [0.1, 0.15) is 18.3 Å². The van der Waals surface area contributed by atoms with Gasteiger partial charge in [0.05, 0.1) is 0 Å². The first-order valence-corrected chi connectivity index (χ1v) is 20.8. The highest BCUT2D eigenvalue weighted by atomic mass is 16.7. The van der Waals surface area contributed by atoms with Crippen molar-refractivity contribution in [3.05, 3.63) is 0 Å². The topological polar surface area (TPSA) is 134 Å². The third kappa shape index (κ3) is 25.3. The van der Waals surface area contributed by atoms with E-state index in [1.165, 1.54) is 135 Å². The van der Waals surface area contributed by atoms with Crippen LogP contribution in [0.25, 0.3) is 0 Å². The highest BCUT2D eigenvalue weighted by molar-refractivity contribution is 5.81. The minimum atomic E-state index is -1.56. The molecule has 0 bridgehead atoms. The molecule has 1 amide bonds. The Morgan fingerprint density at radius 2 is 1.08 bits per heavy atom. The van der Waals surface area contributed by atoms with Crippen LogP contribution >= 0.6 is 0 Å². The molecule has 8 heteroatoms. The maximum Gasteiger partial charge on any atom is 0.251 e. The van der Waals surface area contributed by atoms with Crippen molar-refractivity contribution in [2.45, 2.75) is 217 Å². The lowest BCUT2D eigenvalue weighted by Gasteiger charge is -2.20. The van der Waals surface area contributed by atoms with E-state index >= 15 is 0 Å². The van der Waals surface area contributed by atoms with E-state index in [1.54, 1.807) is 0 Å². The maximum atomic E-state index is 12.3. The van der Waals surface area contributed by atoms with Crippen LogP contribution in [0.5, 0.6) is 0 Å². The zero-order valence-electron chi connectivity index (χ0n) is 32.0. The fourth-order valence-electron chi connectivity index (χ4n) is 6.32. The largest absolute Gasteiger partial charge is 0.387 e. The van der Waals surface area contributed by atoms with Crippen molar-refractivity contribution in [2.75, 3.05) is 19.7 Å². The smallest absolute Gasteiger partial charge is 0.251 e. The Morgan fingerprint density at radius 3 is 1.52 bits per heavy atom. The van der Waals surface area contributed by atoms with Crippen LogP contribution in [0.3, 0.4) is 0 Å². The molecule has 1 aliphatic heterocycles. The van der Waals surface area contributed by atoms with Gasteiger partial charge in [-0.25, -0.2) is 0 Å². The average molecular weight is 705 g/mol. The van der Waals surface area contributed by atoms with Gasteiger partial charge < -0.3 is 35.8 Å². The Morgan fingerprint density at radius 1 is 0.660 bits per heavy atom. The number of nitrogens with two attached hydrogens (primary N) is 1. The second kappa shape index (κ2) is 34.4. The van der Waals surface area contributed by atoms with Crippen molar-refractivity contribution in [1.82, 2.24) is 5.32 Å². The number of unbranched alkanes of at least 4 members (excludes halogenated alkanes) is 25. The summed E-state index contributed by atoms with van der Waals surface area (Å²) in [5, 5.41) is 33.3. The highest BCUT2D eigenvalue weighted by Gasteiger charge is 2.48. The molecule has 5 atom stereocenters. The molecule has 0 unspecified atom stereocenters. The van der Waals surface area contributed by atoms with E-state index in [0.717, 1.165) is 51.5 Å². The molecular weight excluding hydrogens is 628 g/mol. The predicted octanol–water partition coefficient (Wildman–Crippen LogP) is 7.84. The second-order valence-electron chi connectivity index (χ2n) is 14.3. The van der Waals surface area contributed by atoms with Crippen LogP contribution in [0.15, 0.2) is 0 Å². The number of aliphatic hydroxyl groups is 3. The molecule has 1 aliphatic rings. The zero-order valence-corrected chi connectivity index (χ0v) is 32.0. The van der Waals surface area contributed by atoms with Crippen LogP contribution in [-0.2, 0) is 14.3 Å². The Balaban J connectivity index is 1.83. The monoisotopic (exact) mass is 705 g/mol. The molecule has 8 nitrogen and oxygen atoms in total. The number of ether oxygens (including phenoxy) is 2. The van der Waals surface area contributed by atoms with E-state index in [-0.39, 0.29) is 0 Å². The molecule has 0 saturated carbocycles. The van der Waals surface area contributed by atoms with Crippen molar-refractivity contribution >= 4 is 5.91 Å². The molecule has 290 valence electrons. The van der Waals surface area contributed by atoms with Crippen molar-refractivity contribution in [2.24, 2.45) is 5.73 Å². The van der Waals surface area contributed by atoms with Crippen LogP contribution in [0, 0.1) is 23.7 Å². The number of rotatable bonds is 33. The van der Waals surface area contributed by atoms with Gasteiger partial charge in [-0.15, -0.1) is 0 Å². The highest BCUT2D eigenvalue weighted by Crippen LogP contribution is 2.25. The lowest BCUT2D eigenvalue weighted by atomic mass is 10.0. The summed E-state index contributed by atoms with van der Waals surface area (Å²) < 4.78 is 10.9. The Hall–Kier alpha value is -1.65. The van der Waals surface area contributed by atoms with E-state index in [9.17, 15) is 20.1 Å². The zero-order chi connectivity index (χ0) is 36.3. The van der Waals surface area contributed by atoms with Crippen LogP contribution < -0.4 is 11.1 Å². The fourth-order valence-corrected chi connectivity index (χ4v) is 6.32. The lowest BCUT2D eigenvalue weighted by molar-refractivity contribution is -0.181. The normalized spacial score (nSPS) is 19.1. The molecule has 6 N–H and O–H groups in total. The molecule has 1 rings (SSSR count). The van der Waals surface area contributed by atoms with Crippen LogP contribution in [-0.4, -0.2) is 71.6 Å². The van der Waals surface area contributed by atoms with Crippen LogP contribution in [0.4, 0.5) is 0 Å². The van der Waals surface area contributed by atoms with Gasteiger partial charge in [-0.2, -0.15) is 0 Å². The predicted molar refractivity (Wildman–Crippen MR) is 205 cm³/mol. The SMILES string of the molecule is CCCCO[C@@H]1O[C@H]([C@H](O)C(=O)NCCCCCCCCCCCCCCC#CC#CCCCCCCCCCCCCCCN)[C@H](O)[C@H]1O. The van der Waals surface area contributed by atoms with Crippen LogP contribution in [0.1, 0.15) is 187 Å². The van der Waals surface area contributed by atoms with E-state index in [1.807, 2.05) is 6.92 Å². The van der Waals surface area contributed by atoms with Crippen molar-refractivity contribution in [1.29, 1.82) is 0 Å².